The van der Waals surface area contributed by atoms with Crippen molar-refractivity contribution in [1.82, 2.24) is 10.6 Å². The van der Waals surface area contributed by atoms with Gasteiger partial charge < -0.3 is 15.7 Å². The molecule has 0 atom stereocenters. The van der Waals surface area contributed by atoms with E-state index in [9.17, 15) is 4.79 Å². The molecule has 3 N–H and O–H groups in total. The van der Waals surface area contributed by atoms with Gasteiger partial charge in [0, 0.05) is 23.8 Å². The van der Waals surface area contributed by atoms with Crippen LogP contribution in [-0.2, 0) is 0 Å². The van der Waals surface area contributed by atoms with Crippen molar-refractivity contribution in [3.63, 3.8) is 0 Å². The van der Waals surface area contributed by atoms with Crippen molar-refractivity contribution in [2.75, 3.05) is 13.2 Å². The molecular formula is C12H15BrN2O2. The summed E-state index contributed by atoms with van der Waals surface area (Å²) in [5.41, 5.74) is 1.00. The molecule has 4 nitrogen and oxygen atoms in total. The van der Waals surface area contributed by atoms with E-state index in [0.717, 1.165) is 10.0 Å². The molecule has 1 rings (SSSR count). The summed E-state index contributed by atoms with van der Waals surface area (Å²) >= 11 is 3.35. The van der Waals surface area contributed by atoms with Gasteiger partial charge in [-0.1, -0.05) is 28.1 Å². The van der Waals surface area contributed by atoms with Crippen LogP contribution in [0.3, 0.4) is 0 Å². The number of halogens is 1. The number of carbonyl (C=O) groups is 1. The Hall–Kier alpha value is -1.33. The molecule has 0 aliphatic carbocycles. The summed E-state index contributed by atoms with van der Waals surface area (Å²) in [4.78, 5) is 11.2. The maximum atomic E-state index is 11.2. The summed E-state index contributed by atoms with van der Waals surface area (Å²) < 4.78 is 1.02. The fourth-order valence-electron chi connectivity index (χ4n) is 1.12. The highest BCUT2D eigenvalue weighted by atomic mass is 79.9. The van der Waals surface area contributed by atoms with Crippen molar-refractivity contribution < 1.29 is 9.90 Å². The quantitative estimate of drug-likeness (QED) is 0.729. The minimum absolute atomic E-state index is 0.0784. The van der Waals surface area contributed by atoms with Crippen LogP contribution in [-0.4, -0.2) is 24.3 Å². The zero-order valence-corrected chi connectivity index (χ0v) is 10.9. The molecule has 0 saturated carbocycles. The standard InChI is InChI=1S/C12H15BrN2O2/c13-11-4-2-10(3-5-11)6-8-15-12(17)14-7-1-9-16/h2-6,8,16H,1,7,9H2,(H2,14,15,17)/b8-6+. The van der Waals surface area contributed by atoms with Gasteiger partial charge in [-0.05, 0) is 30.2 Å². The molecule has 1 aromatic rings. The van der Waals surface area contributed by atoms with Gasteiger partial charge in [-0.25, -0.2) is 4.79 Å². The van der Waals surface area contributed by atoms with E-state index in [1.807, 2.05) is 24.3 Å². The SMILES string of the molecule is O=C(N/C=C/c1ccc(Br)cc1)NCCCO. The molecule has 92 valence electrons. The molecule has 0 radical (unpaired) electrons. The van der Waals surface area contributed by atoms with Crippen LogP contribution < -0.4 is 10.6 Å². The van der Waals surface area contributed by atoms with Gasteiger partial charge >= 0.3 is 6.03 Å². The number of aliphatic hydroxyl groups is 1. The number of nitrogens with one attached hydrogen (secondary N) is 2. The first-order chi connectivity index (χ1) is 8.22. The van der Waals surface area contributed by atoms with Crippen molar-refractivity contribution in [1.29, 1.82) is 0 Å². The second-order valence-corrected chi connectivity index (χ2v) is 4.28. The highest BCUT2D eigenvalue weighted by molar-refractivity contribution is 9.10. The van der Waals surface area contributed by atoms with E-state index in [1.165, 1.54) is 0 Å². The number of hydrogen-bond donors (Lipinski definition) is 3. The number of carbonyl (C=O) groups excluding carboxylic acids is 1. The van der Waals surface area contributed by atoms with Crippen molar-refractivity contribution in [3.8, 4) is 0 Å². The van der Waals surface area contributed by atoms with E-state index in [-0.39, 0.29) is 12.6 Å². The molecule has 0 saturated heterocycles. The Kier molecular flexibility index (Phi) is 6.35. The molecular weight excluding hydrogens is 284 g/mol. The average molecular weight is 299 g/mol. The summed E-state index contributed by atoms with van der Waals surface area (Å²) in [5, 5.41) is 13.7. The minimum Gasteiger partial charge on any atom is -0.396 e. The van der Waals surface area contributed by atoms with E-state index in [4.69, 9.17) is 5.11 Å². The van der Waals surface area contributed by atoms with Crippen LogP contribution in [0, 0.1) is 0 Å². The first-order valence-electron chi connectivity index (χ1n) is 5.29. The number of aliphatic hydroxyl groups excluding tert-OH is 1. The van der Waals surface area contributed by atoms with Gasteiger partial charge in [-0.2, -0.15) is 0 Å². The van der Waals surface area contributed by atoms with Gasteiger partial charge in [-0.3, -0.25) is 0 Å². The Morgan fingerprint density at radius 3 is 2.71 bits per heavy atom. The fraction of sp³-hybridized carbons (Fsp3) is 0.250. The summed E-state index contributed by atoms with van der Waals surface area (Å²) in [6.45, 7) is 0.545. The zero-order valence-electron chi connectivity index (χ0n) is 9.32. The fourth-order valence-corrected chi connectivity index (χ4v) is 1.38. The molecule has 0 heterocycles. The summed E-state index contributed by atoms with van der Waals surface area (Å²) in [7, 11) is 0. The predicted octanol–water partition coefficient (Wildman–Crippen LogP) is 2.10. The van der Waals surface area contributed by atoms with Crippen molar-refractivity contribution in [3.05, 3.63) is 40.5 Å². The maximum Gasteiger partial charge on any atom is 0.318 e. The molecule has 5 heteroatoms. The molecule has 0 spiro atoms. The average Bonchev–Trinajstić information content (AvgIpc) is 2.32. The molecule has 17 heavy (non-hydrogen) atoms. The van der Waals surface area contributed by atoms with Crippen LogP contribution in [0.25, 0.3) is 6.08 Å². The molecule has 0 aromatic heterocycles. The lowest BCUT2D eigenvalue weighted by Gasteiger charge is -2.02. The van der Waals surface area contributed by atoms with Crippen LogP contribution in [0.4, 0.5) is 4.79 Å². The van der Waals surface area contributed by atoms with Crippen molar-refractivity contribution in [2.45, 2.75) is 6.42 Å². The van der Waals surface area contributed by atoms with Gasteiger partial charge in [0.05, 0.1) is 0 Å². The Labute approximate surface area is 109 Å². The van der Waals surface area contributed by atoms with Crippen LogP contribution in [0.1, 0.15) is 12.0 Å². The number of amides is 2. The van der Waals surface area contributed by atoms with E-state index in [2.05, 4.69) is 26.6 Å². The zero-order chi connectivity index (χ0) is 12.5. The van der Waals surface area contributed by atoms with Gasteiger partial charge in [0.15, 0.2) is 0 Å². The predicted molar refractivity (Wildman–Crippen MR) is 71.4 cm³/mol. The third kappa shape index (κ3) is 6.09. The topological polar surface area (TPSA) is 61.4 Å². The molecule has 0 aliphatic heterocycles. The van der Waals surface area contributed by atoms with Gasteiger partial charge in [0.1, 0.15) is 0 Å². The van der Waals surface area contributed by atoms with E-state index in [1.54, 1.807) is 12.3 Å². The smallest absolute Gasteiger partial charge is 0.318 e. The Morgan fingerprint density at radius 2 is 2.06 bits per heavy atom. The van der Waals surface area contributed by atoms with Crippen LogP contribution in [0.5, 0.6) is 0 Å². The Bertz CT molecular complexity index is 377. The lowest BCUT2D eigenvalue weighted by atomic mass is 10.2. The molecule has 0 unspecified atom stereocenters. The normalized spacial score (nSPS) is 10.5. The number of hydrogen-bond acceptors (Lipinski definition) is 2. The highest BCUT2D eigenvalue weighted by Gasteiger charge is 1.94. The third-order valence-corrected chi connectivity index (χ3v) is 2.51. The highest BCUT2D eigenvalue weighted by Crippen LogP contribution is 2.10. The molecule has 1 aromatic carbocycles. The van der Waals surface area contributed by atoms with E-state index < -0.39 is 0 Å². The minimum atomic E-state index is -0.271. The van der Waals surface area contributed by atoms with Gasteiger partial charge in [0.25, 0.3) is 0 Å². The number of rotatable bonds is 5. The molecule has 0 aliphatic rings. The third-order valence-electron chi connectivity index (χ3n) is 1.98. The van der Waals surface area contributed by atoms with Crippen LogP contribution in [0.2, 0.25) is 0 Å². The van der Waals surface area contributed by atoms with E-state index >= 15 is 0 Å². The Morgan fingerprint density at radius 1 is 1.35 bits per heavy atom. The Balaban J connectivity index is 2.29. The molecule has 0 bridgehead atoms. The van der Waals surface area contributed by atoms with Crippen LogP contribution >= 0.6 is 15.9 Å². The second kappa shape index (κ2) is 7.86. The summed E-state index contributed by atoms with van der Waals surface area (Å²) in [5.74, 6) is 0. The van der Waals surface area contributed by atoms with Crippen molar-refractivity contribution >= 4 is 28.0 Å². The monoisotopic (exact) mass is 298 g/mol. The van der Waals surface area contributed by atoms with Gasteiger partial charge in [0.2, 0.25) is 0 Å². The molecule has 0 fully saturated rings. The van der Waals surface area contributed by atoms with Crippen LogP contribution in [0.15, 0.2) is 34.9 Å². The summed E-state index contributed by atoms with van der Waals surface area (Å²) in [6.07, 6.45) is 3.94. The maximum absolute atomic E-state index is 11.2. The first-order valence-corrected chi connectivity index (χ1v) is 6.09. The van der Waals surface area contributed by atoms with Gasteiger partial charge in [-0.15, -0.1) is 0 Å². The van der Waals surface area contributed by atoms with Crippen molar-refractivity contribution in [2.24, 2.45) is 0 Å². The number of urea groups is 1. The number of benzene rings is 1. The first kappa shape index (κ1) is 13.7. The van der Waals surface area contributed by atoms with E-state index in [0.29, 0.717) is 13.0 Å². The largest absolute Gasteiger partial charge is 0.396 e. The lowest BCUT2D eigenvalue weighted by Crippen LogP contribution is -2.33. The summed E-state index contributed by atoms with van der Waals surface area (Å²) in [6, 6.07) is 7.46. The second-order valence-electron chi connectivity index (χ2n) is 3.36. The lowest BCUT2D eigenvalue weighted by molar-refractivity contribution is 0.241. The molecule has 2 amide bonds.